The Morgan fingerprint density at radius 3 is 2.71 bits per heavy atom. The standard InChI is InChI=1S/C18H22N4OS/c1-12(13-7-8-13)19-16(23)11-24-18-20-17(14-9-10-14)22(21-18)15-5-3-2-4-6-15/h2-6,12-14H,7-11H2,1H3,(H,19,23). The summed E-state index contributed by atoms with van der Waals surface area (Å²) >= 11 is 1.42. The molecule has 1 atom stereocenters. The first-order valence-electron chi connectivity index (χ1n) is 8.65. The van der Waals surface area contributed by atoms with Gasteiger partial charge in [-0.05, 0) is 50.7 Å². The van der Waals surface area contributed by atoms with Crippen LogP contribution in [-0.2, 0) is 4.79 Å². The Labute approximate surface area is 146 Å². The number of thioether (sulfide) groups is 1. The van der Waals surface area contributed by atoms with Crippen LogP contribution in [0.3, 0.4) is 0 Å². The minimum atomic E-state index is 0.0726. The van der Waals surface area contributed by atoms with Crippen molar-refractivity contribution in [2.45, 2.75) is 49.7 Å². The van der Waals surface area contributed by atoms with Gasteiger partial charge >= 0.3 is 0 Å². The van der Waals surface area contributed by atoms with E-state index in [2.05, 4.69) is 22.3 Å². The maximum atomic E-state index is 12.1. The lowest BCUT2D eigenvalue weighted by atomic mass is 10.2. The molecule has 0 saturated heterocycles. The van der Waals surface area contributed by atoms with Gasteiger partial charge in [0.05, 0.1) is 11.4 Å². The molecule has 0 spiro atoms. The van der Waals surface area contributed by atoms with Crippen LogP contribution in [-0.4, -0.2) is 32.5 Å². The van der Waals surface area contributed by atoms with Gasteiger partial charge in [0.25, 0.3) is 0 Å². The summed E-state index contributed by atoms with van der Waals surface area (Å²) in [7, 11) is 0. The number of hydrogen-bond acceptors (Lipinski definition) is 4. The minimum absolute atomic E-state index is 0.0726. The zero-order chi connectivity index (χ0) is 16.5. The van der Waals surface area contributed by atoms with E-state index in [0.717, 1.165) is 11.5 Å². The predicted octanol–water partition coefficient (Wildman–Crippen LogP) is 3.15. The zero-order valence-corrected chi connectivity index (χ0v) is 14.6. The lowest BCUT2D eigenvalue weighted by molar-refractivity contribution is -0.119. The largest absolute Gasteiger partial charge is 0.353 e. The Hall–Kier alpha value is -1.82. The fraction of sp³-hybridized carbons (Fsp3) is 0.500. The second-order valence-corrected chi connectivity index (χ2v) is 7.70. The van der Waals surface area contributed by atoms with E-state index >= 15 is 0 Å². The van der Waals surface area contributed by atoms with Crippen molar-refractivity contribution in [2.24, 2.45) is 5.92 Å². The van der Waals surface area contributed by atoms with E-state index in [1.807, 2.05) is 35.0 Å². The summed E-state index contributed by atoms with van der Waals surface area (Å²) < 4.78 is 1.94. The first kappa shape index (κ1) is 15.7. The molecule has 2 aliphatic carbocycles. The van der Waals surface area contributed by atoms with Crippen LogP contribution in [0.2, 0.25) is 0 Å². The van der Waals surface area contributed by atoms with Crippen molar-refractivity contribution in [3.05, 3.63) is 36.2 Å². The number of nitrogens with zero attached hydrogens (tertiary/aromatic N) is 3. The van der Waals surface area contributed by atoms with Gasteiger partial charge in [0.1, 0.15) is 5.82 Å². The van der Waals surface area contributed by atoms with Gasteiger partial charge in [-0.15, -0.1) is 5.10 Å². The lowest BCUT2D eigenvalue weighted by Crippen LogP contribution is -2.35. The lowest BCUT2D eigenvalue weighted by Gasteiger charge is -2.11. The van der Waals surface area contributed by atoms with Crippen LogP contribution in [0.4, 0.5) is 0 Å². The van der Waals surface area contributed by atoms with Gasteiger partial charge in [0.2, 0.25) is 11.1 Å². The third kappa shape index (κ3) is 3.64. The van der Waals surface area contributed by atoms with Crippen LogP contribution in [0.1, 0.15) is 44.3 Å². The molecule has 0 bridgehead atoms. The molecular formula is C18H22N4OS. The molecule has 1 aromatic heterocycles. The van der Waals surface area contributed by atoms with Crippen LogP contribution < -0.4 is 5.32 Å². The van der Waals surface area contributed by atoms with Crippen LogP contribution in [0.5, 0.6) is 0 Å². The summed E-state index contributed by atoms with van der Waals surface area (Å²) in [5.74, 6) is 2.66. The Morgan fingerprint density at radius 2 is 2.04 bits per heavy atom. The normalized spacial score (nSPS) is 18.4. The molecule has 1 amide bonds. The van der Waals surface area contributed by atoms with Gasteiger partial charge in [-0.25, -0.2) is 9.67 Å². The van der Waals surface area contributed by atoms with Crippen LogP contribution >= 0.6 is 11.8 Å². The Bertz CT molecular complexity index is 722. The highest BCUT2D eigenvalue weighted by molar-refractivity contribution is 7.99. The van der Waals surface area contributed by atoms with Crippen molar-refractivity contribution in [1.29, 1.82) is 0 Å². The van der Waals surface area contributed by atoms with Gasteiger partial charge in [-0.2, -0.15) is 0 Å². The molecule has 6 heteroatoms. The van der Waals surface area contributed by atoms with Crippen molar-refractivity contribution in [2.75, 3.05) is 5.75 Å². The molecule has 2 saturated carbocycles. The molecular weight excluding hydrogens is 320 g/mol. The molecule has 4 rings (SSSR count). The van der Waals surface area contributed by atoms with E-state index in [-0.39, 0.29) is 11.9 Å². The minimum Gasteiger partial charge on any atom is -0.353 e. The van der Waals surface area contributed by atoms with Gasteiger partial charge < -0.3 is 5.32 Å². The van der Waals surface area contributed by atoms with Crippen molar-refractivity contribution in [1.82, 2.24) is 20.1 Å². The first-order valence-corrected chi connectivity index (χ1v) is 9.64. The second-order valence-electron chi connectivity index (χ2n) is 6.76. The van der Waals surface area contributed by atoms with E-state index in [0.29, 0.717) is 22.7 Å². The molecule has 24 heavy (non-hydrogen) atoms. The van der Waals surface area contributed by atoms with Crippen LogP contribution in [0.15, 0.2) is 35.5 Å². The molecule has 126 valence electrons. The molecule has 1 unspecified atom stereocenters. The van der Waals surface area contributed by atoms with Crippen LogP contribution in [0.25, 0.3) is 5.69 Å². The molecule has 5 nitrogen and oxygen atoms in total. The Balaban J connectivity index is 1.43. The number of aromatic nitrogens is 3. The van der Waals surface area contributed by atoms with E-state index < -0.39 is 0 Å². The highest BCUT2D eigenvalue weighted by atomic mass is 32.2. The van der Waals surface area contributed by atoms with E-state index in [9.17, 15) is 4.79 Å². The topological polar surface area (TPSA) is 59.8 Å². The number of carbonyl (C=O) groups is 1. The number of para-hydroxylation sites is 1. The number of amides is 1. The fourth-order valence-electron chi connectivity index (χ4n) is 2.87. The molecule has 2 fully saturated rings. The van der Waals surface area contributed by atoms with Crippen LogP contribution in [0, 0.1) is 5.92 Å². The number of rotatable bonds is 7. The number of carbonyl (C=O) groups excluding carboxylic acids is 1. The quantitative estimate of drug-likeness (QED) is 0.785. The maximum Gasteiger partial charge on any atom is 0.230 e. The number of benzene rings is 1. The van der Waals surface area contributed by atoms with Gasteiger partial charge in [-0.1, -0.05) is 30.0 Å². The third-order valence-electron chi connectivity index (χ3n) is 4.61. The molecule has 1 aromatic carbocycles. The highest BCUT2D eigenvalue weighted by Gasteiger charge is 2.31. The summed E-state index contributed by atoms with van der Waals surface area (Å²) in [6.07, 6.45) is 4.83. The second kappa shape index (κ2) is 6.59. The molecule has 2 aromatic rings. The molecule has 1 N–H and O–H groups in total. The van der Waals surface area contributed by atoms with Crippen molar-refractivity contribution in [3.63, 3.8) is 0 Å². The third-order valence-corrected chi connectivity index (χ3v) is 5.44. The summed E-state index contributed by atoms with van der Waals surface area (Å²) in [6, 6.07) is 10.4. The molecule has 0 aliphatic heterocycles. The average molecular weight is 342 g/mol. The average Bonchev–Trinajstić information content (AvgIpc) is 3.50. The summed E-state index contributed by atoms with van der Waals surface area (Å²) in [5.41, 5.74) is 1.03. The first-order chi connectivity index (χ1) is 11.7. The Kier molecular flexibility index (Phi) is 4.31. The molecule has 2 aliphatic rings. The maximum absolute atomic E-state index is 12.1. The smallest absolute Gasteiger partial charge is 0.230 e. The SMILES string of the molecule is CC(NC(=O)CSc1nc(C2CC2)n(-c2ccccc2)n1)C1CC1. The number of hydrogen-bond donors (Lipinski definition) is 1. The van der Waals surface area contributed by atoms with Gasteiger partial charge in [-0.3, -0.25) is 4.79 Å². The van der Waals surface area contributed by atoms with Gasteiger partial charge in [0.15, 0.2) is 0 Å². The summed E-state index contributed by atoms with van der Waals surface area (Å²) in [4.78, 5) is 16.8. The Morgan fingerprint density at radius 1 is 1.29 bits per heavy atom. The van der Waals surface area contributed by atoms with Crippen molar-refractivity contribution in [3.8, 4) is 5.69 Å². The summed E-state index contributed by atoms with van der Waals surface area (Å²) in [5, 5.41) is 8.40. The zero-order valence-electron chi connectivity index (χ0n) is 13.8. The fourth-order valence-corrected chi connectivity index (χ4v) is 3.51. The highest BCUT2D eigenvalue weighted by Crippen LogP contribution is 2.40. The molecule has 0 radical (unpaired) electrons. The van der Waals surface area contributed by atoms with E-state index in [1.54, 1.807) is 0 Å². The monoisotopic (exact) mass is 342 g/mol. The van der Waals surface area contributed by atoms with E-state index in [4.69, 9.17) is 0 Å². The van der Waals surface area contributed by atoms with Crippen molar-refractivity contribution < 1.29 is 4.79 Å². The van der Waals surface area contributed by atoms with Crippen molar-refractivity contribution >= 4 is 17.7 Å². The van der Waals surface area contributed by atoms with E-state index in [1.165, 1.54) is 37.4 Å². The number of nitrogens with one attached hydrogen (secondary N) is 1. The predicted molar refractivity (Wildman–Crippen MR) is 94.4 cm³/mol. The van der Waals surface area contributed by atoms with Gasteiger partial charge in [0, 0.05) is 12.0 Å². The molecule has 1 heterocycles. The summed E-state index contributed by atoms with van der Waals surface area (Å²) in [6.45, 7) is 2.09.